The van der Waals surface area contributed by atoms with Crippen LogP contribution in [0.15, 0.2) is 52.7 Å². The number of hydrogen-bond acceptors (Lipinski definition) is 6. The Morgan fingerprint density at radius 3 is 2.61 bits per heavy atom. The van der Waals surface area contributed by atoms with Crippen molar-refractivity contribution in [2.24, 2.45) is 0 Å². The Morgan fingerprint density at radius 1 is 1.18 bits per heavy atom. The monoisotopic (exact) mass is 407 g/mol. The van der Waals surface area contributed by atoms with E-state index in [1.807, 2.05) is 6.92 Å². The van der Waals surface area contributed by atoms with Crippen LogP contribution in [0.2, 0.25) is 0 Å². The Labute approximate surface area is 159 Å². The second-order valence-electron chi connectivity index (χ2n) is 5.63. The fourth-order valence-electron chi connectivity index (χ4n) is 2.70. The maximum absolute atomic E-state index is 12.9. The first-order valence-corrected chi connectivity index (χ1v) is 9.10. The van der Waals surface area contributed by atoms with Crippen LogP contribution >= 0.6 is 11.8 Å². The molecule has 0 radical (unpaired) electrons. The molecule has 0 saturated carbocycles. The third-order valence-electron chi connectivity index (χ3n) is 3.84. The van der Waals surface area contributed by atoms with Gasteiger partial charge in [0.15, 0.2) is 0 Å². The van der Waals surface area contributed by atoms with E-state index in [0.717, 1.165) is 17.9 Å². The van der Waals surface area contributed by atoms with Gasteiger partial charge in [-0.05, 0) is 36.1 Å². The van der Waals surface area contributed by atoms with Crippen LogP contribution in [0.4, 0.5) is 13.2 Å². The molecule has 0 amide bonds. The molecule has 0 N–H and O–H groups in total. The lowest BCUT2D eigenvalue weighted by Crippen LogP contribution is -2.19. The summed E-state index contributed by atoms with van der Waals surface area (Å²) in [7, 11) is 0. The van der Waals surface area contributed by atoms with E-state index >= 15 is 0 Å². The van der Waals surface area contributed by atoms with Crippen molar-refractivity contribution < 1.29 is 17.9 Å². The molecular formula is C17H12F3N5O2S. The highest BCUT2D eigenvalue weighted by atomic mass is 32.2. The summed E-state index contributed by atoms with van der Waals surface area (Å²) in [4.78, 5) is 21.3. The Hall–Kier alpha value is -3.08. The fourth-order valence-corrected chi connectivity index (χ4v) is 3.25. The molecule has 0 saturated heterocycles. The number of thioether (sulfide) groups is 1. The molecule has 0 fully saturated rings. The zero-order valence-corrected chi connectivity index (χ0v) is 15.2. The van der Waals surface area contributed by atoms with Crippen LogP contribution in [-0.2, 0) is 0 Å². The summed E-state index contributed by atoms with van der Waals surface area (Å²) in [6.07, 6.45) is -1.83. The molecule has 4 aromatic rings. The molecule has 0 aliphatic carbocycles. The average molecular weight is 407 g/mol. The number of pyridine rings is 1. The van der Waals surface area contributed by atoms with Crippen molar-refractivity contribution in [1.82, 2.24) is 24.1 Å². The van der Waals surface area contributed by atoms with Crippen molar-refractivity contribution in [2.45, 2.75) is 18.4 Å². The van der Waals surface area contributed by atoms with Crippen LogP contribution in [-0.4, -0.2) is 36.3 Å². The number of benzene rings is 1. The molecule has 0 aliphatic rings. The predicted octanol–water partition coefficient (Wildman–Crippen LogP) is 3.44. The summed E-state index contributed by atoms with van der Waals surface area (Å²) >= 11 is 1.46. The highest BCUT2D eigenvalue weighted by molar-refractivity contribution is 7.99. The van der Waals surface area contributed by atoms with Gasteiger partial charge in [0, 0.05) is 18.1 Å². The number of rotatable bonds is 4. The Kier molecular flexibility index (Phi) is 4.46. The van der Waals surface area contributed by atoms with E-state index in [2.05, 4.69) is 19.8 Å². The van der Waals surface area contributed by atoms with E-state index in [9.17, 15) is 18.0 Å². The number of aromatic nitrogens is 5. The van der Waals surface area contributed by atoms with Crippen LogP contribution in [0, 0.1) is 0 Å². The highest BCUT2D eigenvalue weighted by Crippen LogP contribution is 2.24. The Morgan fingerprint density at radius 2 is 1.93 bits per heavy atom. The minimum absolute atomic E-state index is 0.309. The molecular weight excluding hydrogens is 395 g/mol. The lowest BCUT2D eigenvalue weighted by atomic mass is 10.2. The molecule has 3 heterocycles. The largest absolute Gasteiger partial charge is 0.573 e. The summed E-state index contributed by atoms with van der Waals surface area (Å²) in [6.45, 7) is 1.98. The lowest BCUT2D eigenvalue weighted by molar-refractivity contribution is -0.274. The molecule has 0 atom stereocenters. The topological polar surface area (TPSA) is 74.3 Å². The van der Waals surface area contributed by atoms with Crippen LogP contribution < -0.4 is 10.3 Å². The second kappa shape index (κ2) is 6.82. The molecule has 11 heteroatoms. The van der Waals surface area contributed by atoms with Gasteiger partial charge in [0.05, 0.1) is 10.9 Å². The Balaban J connectivity index is 1.77. The Bertz CT molecular complexity index is 1220. The molecule has 3 aromatic heterocycles. The number of hydrogen-bond donors (Lipinski definition) is 0. The molecule has 0 unspecified atom stereocenters. The molecule has 28 heavy (non-hydrogen) atoms. The highest BCUT2D eigenvalue weighted by Gasteiger charge is 2.31. The minimum atomic E-state index is -4.77. The van der Waals surface area contributed by atoms with Gasteiger partial charge in [0.25, 0.3) is 11.3 Å². The van der Waals surface area contributed by atoms with E-state index in [1.54, 1.807) is 6.07 Å². The van der Waals surface area contributed by atoms with E-state index in [-0.39, 0.29) is 11.3 Å². The predicted molar refractivity (Wildman–Crippen MR) is 97.0 cm³/mol. The zero-order chi connectivity index (χ0) is 19.9. The molecule has 0 spiro atoms. The van der Waals surface area contributed by atoms with Gasteiger partial charge in [0.1, 0.15) is 5.75 Å². The minimum Gasteiger partial charge on any atom is -0.406 e. The number of ether oxygens (including phenoxy) is 1. The normalized spacial score (nSPS) is 12.0. The smallest absolute Gasteiger partial charge is 0.406 e. The number of nitrogens with zero attached hydrogens (tertiary/aromatic N) is 5. The van der Waals surface area contributed by atoms with Crippen molar-refractivity contribution in [2.75, 3.05) is 5.75 Å². The third-order valence-corrected chi connectivity index (χ3v) is 4.56. The summed E-state index contributed by atoms with van der Waals surface area (Å²) in [5, 5.41) is 5.23. The molecule has 0 aliphatic heterocycles. The summed E-state index contributed by atoms with van der Waals surface area (Å²) in [6, 6.07) is 6.71. The van der Waals surface area contributed by atoms with E-state index < -0.39 is 6.36 Å². The van der Waals surface area contributed by atoms with Gasteiger partial charge in [-0.1, -0.05) is 18.7 Å². The second-order valence-corrected chi connectivity index (χ2v) is 6.86. The van der Waals surface area contributed by atoms with Gasteiger partial charge in [-0.25, -0.2) is 4.98 Å². The van der Waals surface area contributed by atoms with E-state index in [4.69, 9.17) is 0 Å². The van der Waals surface area contributed by atoms with E-state index in [0.29, 0.717) is 27.5 Å². The standard InChI is InChI=1S/C17H12F3N5O2S/c1-2-28-16-22-15-21-9-12-13(25(15)23-16)7-8-24(14(12)26)10-3-5-11(6-4-10)27-17(18,19)20/h3-9H,2H2,1H3. The maximum atomic E-state index is 12.9. The summed E-state index contributed by atoms with van der Waals surface area (Å²) < 4.78 is 43.5. The van der Waals surface area contributed by atoms with Gasteiger partial charge in [-0.2, -0.15) is 9.50 Å². The van der Waals surface area contributed by atoms with Gasteiger partial charge in [-0.3, -0.25) is 9.36 Å². The van der Waals surface area contributed by atoms with Crippen molar-refractivity contribution in [3.63, 3.8) is 0 Å². The molecule has 144 valence electrons. The zero-order valence-electron chi connectivity index (χ0n) is 14.3. The summed E-state index contributed by atoms with van der Waals surface area (Å²) in [5.74, 6) is 0.821. The summed E-state index contributed by atoms with van der Waals surface area (Å²) in [5.41, 5.74) is 0.553. The fraction of sp³-hybridized carbons (Fsp3) is 0.176. The number of alkyl halides is 3. The van der Waals surface area contributed by atoms with Crippen molar-refractivity contribution in [3.05, 3.63) is 53.1 Å². The van der Waals surface area contributed by atoms with Crippen LogP contribution in [0.3, 0.4) is 0 Å². The quantitative estimate of drug-likeness (QED) is 0.483. The van der Waals surface area contributed by atoms with Gasteiger partial charge >= 0.3 is 6.36 Å². The first kappa shape index (κ1) is 18.3. The van der Waals surface area contributed by atoms with E-state index in [1.165, 1.54) is 45.4 Å². The van der Waals surface area contributed by atoms with Crippen LogP contribution in [0.1, 0.15) is 6.92 Å². The van der Waals surface area contributed by atoms with Gasteiger partial charge < -0.3 is 4.74 Å². The first-order chi connectivity index (χ1) is 13.4. The lowest BCUT2D eigenvalue weighted by Gasteiger charge is -2.11. The third kappa shape index (κ3) is 3.40. The maximum Gasteiger partial charge on any atom is 0.573 e. The molecule has 1 aromatic carbocycles. The van der Waals surface area contributed by atoms with Crippen molar-refractivity contribution >= 4 is 28.4 Å². The van der Waals surface area contributed by atoms with Gasteiger partial charge in [0.2, 0.25) is 5.16 Å². The molecule has 0 bridgehead atoms. The number of halogens is 3. The average Bonchev–Trinajstić information content (AvgIpc) is 3.05. The SMILES string of the molecule is CCSc1nc2ncc3c(=O)n(-c4ccc(OC(F)(F)F)cc4)ccc3n2n1. The number of fused-ring (bicyclic) bond motifs is 3. The first-order valence-electron chi connectivity index (χ1n) is 8.12. The van der Waals surface area contributed by atoms with Gasteiger partial charge in [-0.15, -0.1) is 18.3 Å². The molecule has 4 rings (SSSR count). The molecule has 7 nitrogen and oxygen atoms in total. The van der Waals surface area contributed by atoms with Crippen molar-refractivity contribution in [1.29, 1.82) is 0 Å². The van der Waals surface area contributed by atoms with Crippen molar-refractivity contribution in [3.8, 4) is 11.4 Å². The van der Waals surface area contributed by atoms with Crippen LogP contribution in [0.25, 0.3) is 22.4 Å². The van der Waals surface area contributed by atoms with Crippen LogP contribution in [0.5, 0.6) is 5.75 Å².